The molecule has 1 heterocycles. The van der Waals surface area contributed by atoms with E-state index in [1.165, 1.54) is 0 Å². The molecule has 1 fully saturated rings. The van der Waals surface area contributed by atoms with Crippen LogP contribution in [0.25, 0.3) is 0 Å². The summed E-state index contributed by atoms with van der Waals surface area (Å²) in [6.07, 6.45) is 1.47. The number of likely N-dealkylation sites (tertiary alicyclic amines) is 1. The van der Waals surface area contributed by atoms with Gasteiger partial charge in [-0.2, -0.15) is 0 Å². The molecule has 1 rings (SSSR count). The van der Waals surface area contributed by atoms with Gasteiger partial charge in [0.15, 0.2) is 5.96 Å². The van der Waals surface area contributed by atoms with Crippen molar-refractivity contribution in [1.82, 2.24) is 20.9 Å². The summed E-state index contributed by atoms with van der Waals surface area (Å²) in [5, 5.41) is 9.40. The molecule has 0 aromatic carbocycles. The Labute approximate surface area is 162 Å². The fraction of sp³-hybridized carbons (Fsp3) is 0.812. The summed E-state index contributed by atoms with van der Waals surface area (Å²) >= 11 is 0. The number of carbonyl (C=O) groups excluding carboxylic acids is 2. The highest BCUT2D eigenvalue weighted by Gasteiger charge is 2.25. The Kier molecular flexibility index (Phi) is 10.3. The molecule has 0 aromatic heterocycles. The molecular weight excluding hydrogens is 421 g/mol. The Hall–Kier alpha value is -1.06. The van der Waals surface area contributed by atoms with Crippen molar-refractivity contribution in [1.29, 1.82) is 0 Å². The van der Waals surface area contributed by atoms with Gasteiger partial charge in [-0.15, -0.1) is 24.0 Å². The average molecular weight is 453 g/mol. The van der Waals surface area contributed by atoms with E-state index in [4.69, 9.17) is 0 Å². The van der Waals surface area contributed by atoms with E-state index in [0.29, 0.717) is 32.0 Å². The topological polar surface area (TPSA) is 85.8 Å². The maximum Gasteiger partial charge on any atom is 0.225 e. The lowest BCUT2D eigenvalue weighted by Crippen LogP contribution is -2.47. The van der Waals surface area contributed by atoms with Crippen molar-refractivity contribution in [3.05, 3.63) is 0 Å². The molecule has 1 unspecified atom stereocenters. The molecule has 7 nitrogen and oxygen atoms in total. The van der Waals surface area contributed by atoms with Gasteiger partial charge in [-0.1, -0.05) is 27.7 Å². The second-order valence-corrected chi connectivity index (χ2v) is 6.83. The molecule has 0 bridgehead atoms. The first-order chi connectivity index (χ1) is 10.8. The van der Waals surface area contributed by atoms with E-state index in [0.717, 1.165) is 13.0 Å². The second-order valence-electron chi connectivity index (χ2n) is 6.83. The monoisotopic (exact) mass is 453 g/mol. The molecule has 0 spiro atoms. The number of aliphatic imine (C=N–C) groups is 1. The number of hydrogen-bond acceptors (Lipinski definition) is 3. The standard InChI is InChI=1S/C16H31N5O2.HI/c1-6-13(22)21-10-7-12(11-21)20-15(17-5)19-9-8-18-14(23)16(2,3)4;/h12H,6-11H2,1-5H3,(H,18,23)(H2,17,19,20);1H. The third-order valence-electron chi connectivity index (χ3n) is 3.79. The van der Waals surface area contributed by atoms with Gasteiger partial charge in [0.05, 0.1) is 0 Å². The first-order valence-corrected chi connectivity index (χ1v) is 8.31. The van der Waals surface area contributed by atoms with Gasteiger partial charge in [0.2, 0.25) is 11.8 Å². The minimum absolute atomic E-state index is 0. The maximum absolute atomic E-state index is 11.8. The number of amides is 2. The Bertz CT molecular complexity index is 448. The highest BCUT2D eigenvalue weighted by Crippen LogP contribution is 2.12. The largest absolute Gasteiger partial charge is 0.355 e. The molecule has 1 saturated heterocycles. The van der Waals surface area contributed by atoms with Crippen molar-refractivity contribution < 1.29 is 9.59 Å². The van der Waals surface area contributed by atoms with Crippen LogP contribution >= 0.6 is 24.0 Å². The van der Waals surface area contributed by atoms with Gasteiger partial charge in [0.1, 0.15) is 0 Å². The highest BCUT2D eigenvalue weighted by molar-refractivity contribution is 14.0. The third-order valence-corrected chi connectivity index (χ3v) is 3.79. The fourth-order valence-electron chi connectivity index (χ4n) is 2.34. The number of halogens is 1. The molecule has 1 aliphatic heterocycles. The number of guanidine groups is 1. The maximum atomic E-state index is 11.8. The van der Waals surface area contributed by atoms with Gasteiger partial charge in [0.25, 0.3) is 0 Å². The van der Waals surface area contributed by atoms with Crippen LogP contribution in [0.3, 0.4) is 0 Å². The minimum Gasteiger partial charge on any atom is -0.355 e. The van der Waals surface area contributed by atoms with Crippen LogP contribution in [0.2, 0.25) is 0 Å². The van der Waals surface area contributed by atoms with Crippen molar-refractivity contribution in [3.8, 4) is 0 Å². The SMILES string of the molecule is CCC(=O)N1CCC(NC(=NC)NCCNC(=O)C(C)(C)C)C1.I. The van der Waals surface area contributed by atoms with Crippen molar-refractivity contribution >= 4 is 41.8 Å². The van der Waals surface area contributed by atoms with Crippen LogP contribution in [0.4, 0.5) is 0 Å². The highest BCUT2D eigenvalue weighted by atomic mass is 127. The number of nitrogens with one attached hydrogen (secondary N) is 3. The predicted octanol–water partition coefficient (Wildman–Crippen LogP) is 0.943. The van der Waals surface area contributed by atoms with Gasteiger partial charge in [-0.05, 0) is 6.42 Å². The van der Waals surface area contributed by atoms with Crippen LogP contribution in [0, 0.1) is 5.41 Å². The molecule has 1 aliphatic rings. The van der Waals surface area contributed by atoms with Gasteiger partial charge in [-0.25, -0.2) is 0 Å². The van der Waals surface area contributed by atoms with Crippen LogP contribution in [0.1, 0.15) is 40.5 Å². The van der Waals surface area contributed by atoms with E-state index in [-0.39, 0.29) is 47.2 Å². The van der Waals surface area contributed by atoms with E-state index in [2.05, 4.69) is 20.9 Å². The molecule has 0 radical (unpaired) electrons. The van der Waals surface area contributed by atoms with Crippen LogP contribution in [0.15, 0.2) is 4.99 Å². The van der Waals surface area contributed by atoms with Gasteiger partial charge >= 0.3 is 0 Å². The lowest BCUT2D eigenvalue weighted by atomic mass is 9.96. The average Bonchev–Trinajstić information content (AvgIpc) is 2.96. The minimum atomic E-state index is -0.376. The van der Waals surface area contributed by atoms with Crippen molar-refractivity contribution in [2.24, 2.45) is 10.4 Å². The molecule has 24 heavy (non-hydrogen) atoms. The van der Waals surface area contributed by atoms with Crippen LogP contribution in [-0.4, -0.2) is 61.9 Å². The second kappa shape index (κ2) is 10.7. The molecule has 0 aromatic rings. The number of carbonyl (C=O) groups is 2. The van der Waals surface area contributed by atoms with E-state index in [1.807, 2.05) is 32.6 Å². The molecule has 3 N–H and O–H groups in total. The van der Waals surface area contributed by atoms with E-state index < -0.39 is 0 Å². The zero-order valence-electron chi connectivity index (χ0n) is 15.4. The predicted molar refractivity (Wildman–Crippen MR) is 108 cm³/mol. The Morgan fingerprint density at radius 2 is 1.83 bits per heavy atom. The summed E-state index contributed by atoms with van der Waals surface area (Å²) in [7, 11) is 1.72. The lowest BCUT2D eigenvalue weighted by molar-refractivity contribution is -0.130. The van der Waals surface area contributed by atoms with Gasteiger partial charge < -0.3 is 20.9 Å². The van der Waals surface area contributed by atoms with Crippen molar-refractivity contribution in [2.45, 2.75) is 46.6 Å². The molecule has 2 amide bonds. The summed E-state index contributed by atoms with van der Waals surface area (Å²) in [6, 6.07) is 0.223. The summed E-state index contributed by atoms with van der Waals surface area (Å²) < 4.78 is 0. The van der Waals surface area contributed by atoms with Crippen molar-refractivity contribution in [2.75, 3.05) is 33.2 Å². The molecule has 0 saturated carbocycles. The summed E-state index contributed by atoms with van der Waals surface area (Å²) in [6.45, 7) is 10.2. The zero-order chi connectivity index (χ0) is 17.5. The van der Waals surface area contributed by atoms with Gasteiger partial charge in [0, 0.05) is 51.1 Å². The molecule has 1 atom stereocenters. The zero-order valence-corrected chi connectivity index (χ0v) is 17.8. The lowest BCUT2D eigenvalue weighted by Gasteiger charge is -2.20. The smallest absolute Gasteiger partial charge is 0.225 e. The van der Waals surface area contributed by atoms with Gasteiger partial charge in [-0.3, -0.25) is 14.6 Å². The van der Waals surface area contributed by atoms with Crippen LogP contribution < -0.4 is 16.0 Å². The first-order valence-electron chi connectivity index (χ1n) is 8.31. The number of rotatable bonds is 5. The summed E-state index contributed by atoms with van der Waals surface area (Å²) in [5.74, 6) is 0.930. The number of nitrogens with zero attached hydrogens (tertiary/aromatic N) is 2. The Morgan fingerprint density at radius 1 is 1.21 bits per heavy atom. The van der Waals surface area contributed by atoms with Crippen LogP contribution in [0.5, 0.6) is 0 Å². The summed E-state index contributed by atoms with van der Waals surface area (Å²) in [4.78, 5) is 29.5. The normalized spacial score (nSPS) is 18.0. The third kappa shape index (κ3) is 7.67. The Balaban J connectivity index is 0.00000529. The first kappa shape index (κ1) is 22.9. The molecule has 0 aliphatic carbocycles. The van der Waals surface area contributed by atoms with Crippen molar-refractivity contribution in [3.63, 3.8) is 0 Å². The Morgan fingerprint density at radius 3 is 2.38 bits per heavy atom. The van der Waals surface area contributed by atoms with E-state index in [9.17, 15) is 9.59 Å². The molecule has 140 valence electrons. The van der Waals surface area contributed by atoms with E-state index in [1.54, 1.807) is 7.05 Å². The quantitative estimate of drug-likeness (QED) is 0.251. The fourth-order valence-corrected chi connectivity index (χ4v) is 2.34. The molecular formula is C16H32IN5O2. The number of hydrogen-bond donors (Lipinski definition) is 3. The van der Waals surface area contributed by atoms with E-state index >= 15 is 0 Å². The summed E-state index contributed by atoms with van der Waals surface area (Å²) in [5.41, 5.74) is -0.376. The van der Waals surface area contributed by atoms with Crippen LogP contribution in [-0.2, 0) is 9.59 Å². The molecule has 8 heteroatoms.